The lowest BCUT2D eigenvalue weighted by molar-refractivity contribution is -0.123. The van der Waals surface area contributed by atoms with Gasteiger partial charge in [-0.2, -0.15) is 0 Å². The SMILES string of the molecule is CC(=O)CCCNC(=O)CC(C)(C)C. The molecule has 0 aliphatic rings. The van der Waals surface area contributed by atoms with Crippen LogP contribution in [0.3, 0.4) is 0 Å². The standard InChI is InChI=1S/C11H21NO2/c1-9(13)6-5-7-12-10(14)8-11(2,3)4/h5-8H2,1-4H3,(H,12,14). The Morgan fingerprint density at radius 3 is 2.21 bits per heavy atom. The summed E-state index contributed by atoms with van der Waals surface area (Å²) >= 11 is 0. The van der Waals surface area contributed by atoms with Gasteiger partial charge in [0.25, 0.3) is 0 Å². The van der Waals surface area contributed by atoms with Crippen molar-refractivity contribution in [3.63, 3.8) is 0 Å². The Bertz CT molecular complexity index is 204. The van der Waals surface area contributed by atoms with Gasteiger partial charge in [-0.3, -0.25) is 4.79 Å². The van der Waals surface area contributed by atoms with E-state index in [4.69, 9.17) is 0 Å². The van der Waals surface area contributed by atoms with Crippen molar-refractivity contribution in [1.82, 2.24) is 5.32 Å². The van der Waals surface area contributed by atoms with Crippen LogP contribution in [0.4, 0.5) is 0 Å². The van der Waals surface area contributed by atoms with Crippen molar-refractivity contribution >= 4 is 11.7 Å². The summed E-state index contributed by atoms with van der Waals surface area (Å²) in [5.74, 6) is 0.246. The van der Waals surface area contributed by atoms with Crippen LogP contribution in [0, 0.1) is 5.41 Å². The first-order valence-electron chi connectivity index (χ1n) is 5.07. The van der Waals surface area contributed by atoms with Gasteiger partial charge in [0, 0.05) is 19.4 Å². The van der Waals surface area contributed by atoms with E-state index in [0.29, 0.717) is 19.4 Å². The Morgan fingerprint density at radius 1 is 1.21 bits per heavy atom. The summed E-state index contributed by atoms with van der Waals surface area (Å²) in [4.78, 5) is 21.9. The zero-order valence-electron chi connectivity index (χ0n) is 9.64. The van der Waals surface area contributed by atoms with Gasteiger partial charge in [0.1, 0.15) is 5.78 Å². The second-order valence-electron chi connectivity index (χ2n) is 4.89. The minimum atomic E-state index is 0.0324. The fourth-order valence-electron chi connectivity index (χ4n) is 1.11. The molecule has 1 amide bonds. The minimum absolute atomic E-state index is 0.0324. The van der Waals surface area contributed by atoms with Crippen LogP contribution in [-0.2, 0) is 9.59 Å². The zero-order valence-corrected chi connectivity index (χ0v) is 9.64. The maximum atomic E-state index is 11.3. The van der Waals surface area contributed by atoms with Gasteiger partial charge in [0.15, 0.2) is 0 Å². The lowest BCUT2D eigenvalue weighted by Gasteiger charge is -2.17. The number of hydrogen-bond donors (Lipinski definition) is 1. The second kappa shape index (κ2) is 5.78. The highest BCUT2D eigenvalue weighted by molar-refractivity contribution is 5.77. The van der Waals surface area contributed by atoms with Crippen LogP contribution >= 0.6 is 0 Å². The van der Waals surface area contributed by atoms with Gasteiger partial charge in [0.2, 0.25) is 5.91 Å². The van der Waals surface area contributed by atoms with Crippen molar-refractivity contribution in [3.8, 4) is 0 Å². The first-order valence-corrected chi connectivity index (χ1v) is 5.07. The second-order valence-corrected chi connectivity index (χ2v) is 4.89. The van der Waals surface area contributed by atoms with Crippen LogP contribution in [0.15, 0.2) is 0 Å². The lowest BCUT2D eigenvalue weighted by Crippen LogP contribution is -2.28. The molecule has 14 heavy (non-hydrogen) atoms. The molecule has 82 valence electrons. The molecule has 3 heteroatoms. The van der Waals surface area contributed by atoms with Crippen molar-refractivity contribution in [2.75, 3.05) is 6.54 Å². The summed E-state index contributed by atoms with van der Waals surface area (Å²) in [6.45, 7) is 8.26. The van der Waals surface area contributed by atoms with E-state index in [1.54, 1.807) is 6.92 Å². The summed E-state index contributed by atoms with van der Waals surface area (Å²) in [6.07, 6.45) is 1.83. The Kier molecular flexibility index (Phi) is 5.43. The van der Waals surface area contributed by atoms with E-state index in [1.807, 2.05) is 20.8 Å². The summed E-state index contributed by atoms with van der Waals surface area (Å²) in [6, 6.07) is 0. The van der Waals surface area contributed by atoms with E-state index in [1.165, 1.54) is 0 Å². The Balaban J connectivity index is 3.50. The Labute approximate surface area is 86.3 Å². The fraction of sp³-hybridized carbons (Fsp3) is 0.818. The monoisotopic (exact) mass is 199 g/mol. The number of carbonyl (C=O) groups is 2. The highest BCUT2D eigenvalue weighted by atomic mass is 16.1. The first kappa shape index (κ1) is 13.1. The average molecular weight is 199 g/mol. The van der Waals surface area contributed by atoms with Crippen LogP contribution in [0.25, 0.3) is 0 Å². The van der Waals surface area contributed by atoms with Gasteiger partial charge >= 0.3 is 0 Å². The van der Waals surface area contributed by atoms with Gasteiger partial charge in [-0.25, -0.2) is 0 Å². The van der Waals surface area contributed by atoms with Crippen LogP contribution in [-0.4, -0.2) is 18.2 Å². The molecular weight excluding hydrogens is 178 g/mol. The van der Waals surface area contributed by atoms with E-state index in [-0.39, 0.29) is 17.1 Å². The zero-order chi connectivity index (χ0) is 11.2. The maximum absolute atomic E-state index is 11.3. The largest absolute Gasteiger partial charge is 0.356 e. The van der Waals surface area contributed by atoms with Gasteiger partial charge in [-0.1, -0.05) is 20.8 Å². The molecule has 0 radical (unpaired) electrons. The maximum Gasteiger partial charge on any atom is 0.220 e. The first-order chi connectivity index (χ1) is 6.31. The fourth-order valence-corrected chi connectivity index (χ4v) is 1.11. The van der Waals surface area contributed by atoms with Crippen molar-refractivity contribution in [2.24, 2.45) is 5.41 Å². The molecule has 0 rings (SSSR count). The molecule has 0 bridgehead atoms. The average Bonchev–Trinajstić information content (AvgIpc) is 1.94. The number of rotatable bonds is 5. The van der Waals surface area contributed by atoms with Crippen molar-refractivity contribution < 1.29 is 9.59 Å². The van der Waals surface area contributed by atoms with Crippen molar-refractivity contribution in [2.45, 2.75) is 47.0 Å². The van der Waals surface area contributed by atoms with Crippen LogP contribution < -0.4 is 5.32 Å². The van der Waals surface area contributed by atoms with E-state index in [2.05, 4.69) is 5.32 Å². The number of carbonyl (C=O) groups excluding carboxylic acids is 2. The quantitative estimate of drug-likeness (QED) is 0.687. The Hall–Kier alpha value is -0.860. The van der Waals surface area contributed by atoms with E-state index in [9.17, 15) is 9.59 Å². The molecule has 0 aromatic rings. The van der Waals surface area contributed by atoms with E-state index in [0.717, 1.165) is 6.42 Å². The smallest absolute Gasteiger partial charge is 0.220 e. The summed E-state index contributed by atoms with van der Waals surface area (Å²) in [5, 5.41) is 2.80. The molecule has 0 spiro atoms. The van der Waals surface area contributed by atoms with Crippen molar-refractivity contribution in [1.29, 1.82) is 0 Å². The number of amides is 1. The number of nitrogens with one attached hydrogen (secondary N) is 1. The molecule has 0 atom stereocenters. The molecule has 0 unspecified atom stereocenters. The third kappa shape index (κ3) is 9.23. The van der Waals surface area contributed by atoms with Gasteiger partial charge < -0.3 is 10.1 Å². The summed E-state index contributed by atoms with van der Waals surface area (Å²) < 4.78 is 0. The van der Waals surface area contributed by atoms with Crippen LogP contribution in [0.2, 0.25) is 0 Å². The van der Waals surface area contributed by atoms with Gasteiger partial charge in [-0.05, 0) is 18.8 Å². The van der Waals surface area contributed by atoms with E-state index < -0.39 is 0 Å². The predicted molar refractivity (Wildman–Crippen MR) is 57.0 cm³/mol. The molecule has 0 aromatic heterocycles. The van der Waals surface area contributed by atoms with Gasteiger partial charge in [0.05, 0.1) is 0 Å². The van der Waals surface area contributed by atoms with Crippen LogP contribution in [0.1, 0.15) is 47.0 Å². The topological polar surface area (TPSA) is 46.2 Å². The molecule has 0 heterocycles. The third-order valence-electron chi connectivity index (χ3n) is 1.72. The highest BCUT2D eigenvalue weighted by Crippen LogP contribution is 2.17. The highest BCUT2D eigenvalue weighted by Gasteiger charge is 2.15. The molecule has 0 saturated heterocycles. The molecule has 0 saturated carbocycles. The van der Waals surface area contributed by atoms with Crippen LogP contribution in [0.5, 0.6) is 0 Å². The Morgan fingerprint density at radius 2 is 1.79 bits per heavy atom. The molecule has 3 nitrogen and oxygen atoms in total. The number of Topliss-reactive ketones (excluding diaryl/α,β-unsaturated/α-hetero) is 1. The molecule has 0 aromatic carbocycles. The lowest BCUT2D eigenvalue weighted by atomic mass is 9.92. The number of ketones is 1. The van der Waals surface area contributed by atoms with Gasteiger partial charge in [-0.15, -0.1) is 0 Å². The molecular formula is C11H21NO2. The van der Waals surface area contributed by atoms with E-state index >= 15 is 0 Å². The summed E-state index contributed by atoms with van der Waals surface area (Å²) in [7, 11) is 0. The molecule has 1 N–H and O–H groups in total. The summed E-state index contributed by atoms with van der Waals surface area (Å²) in [5.41, 5.74) is 0.0324. The predicted octanol–water partition coefficient (Wildman–Crippen LogP) is 1.91. The normalized spacial score (nSPS) is 11.1. The third-order valence-corrected chi connectivity index (χ3v) is 1.72. The number of hydrogen-bond acceptors (Lipinski definition) is 2. The van der Waals surface area contributed by atoms with Crippen molar-refractivity contribution in [3.05, 3.63) is 0 Å². The minimum Gasteiger partial charge on any atom is -0.356 e. The molecule has 0 aliphatic carbocycles. The molecule has 0 fully saturated rings. The molecule has 0 aliphatic heterocycles.